The van der Waals surface area contributed by atoms with Crippen LogP contribution in [0.1, 0.15) is 34.3 Å². The molecule has 0 saturated carbocycles. The van der Waals surface area contributed by atoms with E-state index in [0.29, 0.717) is 35.9 Å². The lowest BCUT2D eigenvalue weighted by atomic mass is 10.1. The smallest absolute Gasteiger partial charge is 0.261 e. The lowest BCUT2D eigenvalue weighted by molar-refractivity contribution is 0.0784. The molecule has 1 heterocycles. The summed E-state index contributed by atoms with van der Waals surface area (Å²) < 4.78 is 38.2. The largest absolute Gasteiger partial charge is 0.494 e. The van der Waals surface area contributed by atoms with Gasteiger partial charge in [-0.3, -0.25) is 9.52 Å². The number of anilines is 1. The first kappa shape index (κ1) is 22.4. The predicted molar refractivity (Wildman–Crippen MR) is 117 cm³/mol. The van der Waals surface area contributed by atoms with Crippen molar-refractivity contribution in [3.8, 4) is 5.75 Å². The number of ether oxygens (including phenoxy) is 1. The van der Waals surface area contributed by atoms with E-state index in [1.807, 2.05) is 13.8 Å². The van der Waals surface area contributed by atoms with E-state index in [9.17, 15) is 13.2 Å². The van der Waals surface area contributed by atoms with Crippen LogP contribution >= 0.6 is 0 Å². The summed E-state index contributed by atoms with van der Waals surface area (Å²) in [5.41, 5.74) is 2.42. The Kier molecular flexibility index (Phi) is 6.65. The maximum Gasteiger partial charge on any atom is 0.261 e. The van der Waals surface area contributed by atoms with Crippen molar-refractivity contribution >= 4 is 21.6 Å². The van der Waals surface area contributed by atoms with Gasteiger partial charge in [0.05, 0.1) is 23.7 Å². The van der Waals surface area contributed by atoms with Crippen LogP contribution < -0.4 is 9.46 Å². The molecular weight excluding hydrogens is 418 g/mol. The second kappa shape index (κ2) is 9.22. The Balaban J connectivity index is 1.68. The lowest BCUT2D eigenvalue weighted by Crippen LogP contribution is -2.26. The molecule has 0 atom stereocenters. The van der Waals surface area contributed by atoms with Gasteiger partial charge in [-0.2, -0.15) is 0 Å². The van der Waals surface area contributed by atoms with Gasteiger partial charge in [0.2, 0.25) is 0 Å². The number of amides is 1. The molecule has 0 aliphatic rings. The maximum atomic E-state index is 12.7. The van der Waals surface area contributed by atoms with Gasteiger partial charge >= 0.3 is 0 Å². The number of hydrogen-bond acceptors (Lipinski definition) is 6. The van der Waals surface area contributed by atoms with Crippen LogP contribution in [0.3, 0.4) is 0 Å². The molecule has 31 heavy (non-hydrogen) atoms. The quantitative estimate of drug-likeness (QED) is 0.569. The second-order valence-corrected chi connectivity index (χ2v) is 8.73. The highest BCUT2D eigenvalue weighted by atomic mass is 32.2. The van der Waals surface area contributed by atoms with Gasteiger partial charge in [0.15, 0.2) is 0 Å². The molecule has 0 aliphatic carbocycles. The number of aryl methyl sites for hydroxylation is 2. The van der Waals surface area contributed by atoms with Gasteiger partial charge < -0.3 is 14.2 Å². The SMILES string of the molecule is CCOc1ccc(S(=O)(=O)Nc2ccc(C(=O)N(C)Cc3c(C)noc3C)cc2)cc1. The minimum Gasteiger partial charge on any atom is -0.494 e. The molecular formula is C22H25N3O5S. The highest BCUT2D eigenvalue weighted by molar-refractivity contribution is 7.92. The van der Waals surface area contributed by atoms with Crippen molar-refractivity contribution in [3.63, 3.8) is 0 Å². The number of aromatic nitrogens is 1. The fourth-order valence-corrected chi connectivity index (χ4v) is 4.09. The Hall–Kier alpha value is -3.33. The molecule has 0 saturated heterocycles. The molecule has 3 aromatic rings. The molecule has 0 spiro atoms. The molecule has 0 unspecified atom stereocenters. The molecule has 8 nitrogen and oxygen atoms in total. The number of carbonyl (C=O) groups excluding carboxylic acids is 1. The Bertz CT molecular complexity index is 1130. The van der Waals surface area contributed by atoms with Crippen molar-refractivity contribution in [2.75, 3.05) is 18.4 Å². The fourth-order valence-electron chi connectivity index (χ4n) is 3.03. The first-order valence-electron chi connectivity index (χ1n) is 9.74. The molecule has 0 radical (unpaired) electrons. The zero-order valence-corrected chi connectivity index (χ0v) is 18.7. The Morgan fingerprint density at radius 1 is 1.10 bits per heavy atom. The summed E-state index contributed by atoms with van der Waals surface area (Å²) in [7, 11) is -2.07. The molecule has 164 valence electrons. The minimum atomic E-state index is -3.76. The molecule has 0 bridgehead atoms. The summed E-state index contributed by atoms with van der Waals surface area (Å²) in [5, 5.41) is 3.90. The topological polar surface area (TPSA) is 102 Å². The summed E-state index contributed by atoms with van der Waals surface area (Å²) in [6, 6.07) is 12.5. The Morgan fingerprint density at radius 2 is 1.74 bits per heavy atom. The van der Waals surface area contributed by atoms with E-state index < -0.39 is 10.0 Å². The van der Waals surface area contributed by atoms with E-state index >= 15 is 0 Å². The van der Waals surface area contributed by atoms with Crippen molar-refractivity contribution in [2.24, 2.45) is 0 Å². The van der Waals surface area contributed by atoms with Crippen LogP contribution in [0.5, 0.6) is 5.75 Å². The monoisotopic (exact) mass is 443 g/mol. The Morgan fingerprint density at radius 3 is 2.29 bits per heavy atom. The maximum absolute atomic E-state index is 12.7. The number of hydrogen-bond donors (Lipinski definition) is 1. The van der Waals surface area contributed by atoms with Gasteiger partial charge in [0.25, 0.3) is 15.9 Å². The van der Waals surface area contributed by atoms with Crippen LogP contribution in [0.4, 0.5) is 5.69 Å². The minimum absolute atomic E-state index is 0.121. The van der Waals surface area contributed by atoms with Gasteiger partial charge in [-0.25, -0.2) is 8.42 Å². The van der Waals surface area contributed by atoms with Gasteiger partial charge in [-0.1, -0.05) is 5.16 Å². The first-order chi connectivity index (χ1) is 14.7. The van der Waals surface area contributed by atoms with Crippen molar-refractivity contribution in [2.45, 2.75) is 32.2 Å². The highest BCUT2D eigenvalue weighted by Crippen LogP contribution is 2.21. The van der Waals surface area contributed by atoms with Crippen LogP contribution in [0.15, 0.2) is 57.9 Å². The summed E-state index contributed by atoms with van der Waals surface area (Å²) in [6.45, 7) is 6.36. The molecule has 0 aliphatic heterocycles. The van der Waals surface area contributed by atoms with E-state index in [1.54, 1.807) is 55.3 Å². The number of nitrogens with zero attached hydrogens (tertiary/aromatic N) is 2. The third kappa shape index (κ3) is 5.24. The van der Waals surface area contributed by atoms with Crippen molar-refractivity contribution in [3.05, 3.63) is 71.1 Å². The van der Waals surface area contributed by atoms with Crippen LogP contribution in [0, 0.1) is 13.8 Å². The van der Waals surface area contributed by atoms with Crippen LogP contribution in [-0.2, 0) is 16.6 Å². The van der Waals surface area contributed by atoms with Crippen molar-refractivity contribution < 1.29 is 22.5 Å². The third-order valence-corrected chi connectivity index (χ3v) is 6.15. The summed E-state index contributed by atoms with van der Waals surface area (Å²) in [6.07, 6.45) is 0. The third-order valence-electron chi connectivity index (χ3n) is 4.75. The fraction of sp³-hybridized carbons (Fsp3) is 0.273. The molecule has 1 amide bonds. The van der Waals surface area contributed by atoms with E-state index in [2.05, 4.69) is 9.88 Å². The van der Waals surface area contributed by atoms with Crippen LogP contribution in [0.25, 0.3) is 0 Å². The molecule has 3 rings (SSSR count). The summed E-state index contributed by atoms with van der Waals surface area (Å²) in [5.74, 6) is 1.09. The Labute approximate surface area is 181 Å². The standard InChI is InChI=1S/C22H25N3O5S/c1-5-29-19-10-12-20(13-11-19)31(27,28)24-18-8-6-17(7-9-18)22(26)25(4)14-21-15(2)23-30-16(21)3/h6-13,24H,5,14H2,1-4H3. The molecule has 9 heteroatoms. The zero-order chi connectivity index (χ0) is 22.6. The van der Waals surface area contributed by atoms with E-state index in [1.165, 1.54) is 12.1 Å². The number of sulfonamides is 1. The number of nitrogens with one attached hydrogen (secondary N) is 1. The van der Waals surface area contributed by atoms with Gasteiger partial charge in [0, 0.05) is 23.9 Å². The average Bonchev–Trinajstić information content (AvgIpc) is 3.06. The predicted octanol–water partition coefficient (Wildman–Crippen LogP) is 3.76. The van der Waals surface area contributed by atoms with Crippen LogP contribution in [-0.4, -0.2) is 38.0 Å². The van der Waals surface area contributed by atoms with E-state index in [4.69, 9.17) is 9.26 Å². The first-order valence-corrected chi connectivity index (χ1v) is 11.2. The summed E-state index contributed by atoms with van der Waals surface area (Å²) in [4.78, 5) is 14.4. The van der Waals surface area contributed by atoms with Gasteiger partial charge in [0.1, 0.15) is 11.5 Å². The number of rotatable bonds is 8. The van der Waals surface area contributed by atoms with Crippen molar-refractivity contribution in [1.82, 2.24) is 10.1 Å². The normalized spacial score (nSPS) is 11.2. The van der Waals surface area contributed by atoms with Crippen molar-refractivity contribution in [1.29, 1.82) is 0 Å². The van der Waals surface area contributed by atoms with E-state index in [0.717, 1.165) is 11.3 Å². The van der Waals surface area contributed by atoms with Gasteiger partial charge in [-0.15, -0.1) is 0 Å². The zero-order valence-electron chi connectivity index (χ0n) is 17.9. The van der Waals surface area contributed by atoms with Gasteiger partial charge in [-0.05, 0) is 69.3 Å². The van der Waals surface area contributed by atoms with E-state index in [-0.39, 0.29) is 10.8 Å². The number of benzene rings is 2. The van der Waals surface area contributed by atoms with Crippen LogP contribution in [0.2, 0.25) is 0 Å². The number of carbonyl (C=O) groups is 1. The lowest BCUT2D eigenvalue weighted by Gasteiger charge is -2.17. The molecule has 1 N–H and O–H groups in total. The molecule has 1 aromatic heterocycles. The summed E-state index contributed by atoms with van der Waals surface area (Å²) >= 11 is 0. The highest BCUT2D eigenvalue weighted by Gasteiger charge is 2.18. The second-order valence-electron chi connectivity index (χ2n) is 7.05. The molecule has 2 aromatic carbocycles. The average molecular weight is 444 g/mol. The molecule has 0 fully saturated rings.